The first-order valence-corrected chi connectivity index (χ1v) is 5.38. The van der Waals surface area contributed by atoms with Crippen LogP contribution in [0.5, 0.6) is 0 Å². The van der Waals surface area contributed by atoms with E-state index in [1.165, 1.54) is 16.5 Å². The quantitative estimate of drug-likeness (QED) is 0.513. The zero-order valence-electron chi connectivity index (χ0n) is 7.33. The number of rotatable bonds is 0. The van der Waals surface area contributed by atoms with E-state index in [9.17, 15) is 0 Å². The van der Waals surface area contributed by atoms with Gasteiger partial charge in [-0.1, -0.05) is 33.2 Å². The van der Waals surface area contributed by atoms with Crippen LogP contribution in [0.4, 0.5) is 0 Å². The molecule has 3 heteroatoms. The van der Waals surface area contributed by atoms with Crippen molar-refractivity contribution in [3.8, 4) is 0 Å². The molecule has 2 aliphatic rings. The summed E-state index contributed by atoms with van der Waals surface area (Å²) in [4.78, 5) is 0. The molecule has 1 atom stereocenters. The summed E-state index contributed by atoms with van der Waals surface area (Å²) in [7, 11) is 0. The number of halogens is 1. The highest BCUT2D eigenvalue weighted by molar-refractivity contribution is 9.11. The summed E-state index contributed by atoms with van der Waals surface area (Å²) in [5.41, 5.74) is 2.12. The monoisotopic (exact) mass is 241 g/mol. The minimum atomic E-state index is 0.569. The molecule has 0 amide bonds. The van der Waals surface area contributed by atoms with Crippen LogP contribution in [0.1, 0.15) is 25.7 Å². The van der Waals surface area contributed by atoms with Crippen molar-refractivity contribution in [2.75, 3.05) is 0 Å². The molecule has 2 aliphatic carbocycles. The normalized spacial score (nSPS) is 30.8. The van der Waals surface area contributed by atoms with Crippen molar-refractivity contribution in [3.63, 3.8) is 0 Å². The first-order chi connectivity index (χ1) is 6.31. The lowest BCUT2D eigenvalue weighted by atomic mass is 9.79. The highest BCUT2D eigenvalue weighted by atomic mass is 79.9. The standard InChI is InChI=1S/C10H12BrNO/c11-8-4-5-9-7(6-8)2-1-3-10(9)12-13/h4-5,7,13H,1-3,6H2/b12-10+. The fourth-order valence-electron chi connectivity index (χ4n) is 2.09. The molecule has 0 aromatic heterocycles. The lowest BCUT2D eigenvalue weighted by Gasteiger charge is -2.28. The molecule has 2 nitrogen and oxygen atoms in total. The van der Waals surface area contributed by atoms with Gasteiger partial charge in [0.2, 0.25) is 0 Å². The van der Waals surface area contributed by atoms with Gasteiger partial charge in [0, 0.05) is 0 Å². The van der Waals surface area contributed by atoms with Gasteiger partial charge in [-0.05, 0) is 41.7 Å². The maximum atomic E-state index is 8.81. The zero-order chi connectivity index (χ0) is 9.26. The second-order valence-electron chi connectivity index (χ2n) is 3.58. The number of oxime groups is 1. The summed E-state index contributed by atoms with van der Waals surface area (Å²) in [6, 6.07) is 0. The minimum absolute atomic E-state index is 0.569. The molecule has 13 heavy (non-hydrogen) atoms. The van der Waals surface area contributed by atoms with E-state index in [-0.39, 0.29) is 0 Å². The molecule has 1 unspecified atom stereocenters. The van der Waals surface area contributed by atoms with E-state index >= 15 is 0 Å². The molecule has 0 heterocycles. The largest absolute Gasteiger partial charge is 0.411 e. The average molecular weight is 242 g/mol. The maximum Gasteiger partial charge on any atom is 0.0830 e. The number of allylic oxidation sites excluding steroid dienone is 4. The van der Waals surface area contributed by atoms with Gasteiger partial charge in [0.1, 0.15) is 0 Å². The van der Waals surface area contributed by atoms with E-state index in [0.29, 0.717) is 5.92 Å². The highest BCUT2D eigenvalue weighted by Gasteiger charge is 2.26. The Bertz CT molecular complexity index is 304. The molecule has 0 aliphatic heterocycles. The fourth-order valence-corrected chi connectivity index (χ4v) is 2.61. The van der Waals surface area contributed by atoms with Gasteiger partial charge >= 0.3 is 0 Å². The third-order valence-corrected chi connectivity index (χ3v) is 3.33. The Hall–Kier alpha value is -0.570. The van der Waals surface area contributed by atoms with Crippen molar-refractivity contribution in [2.24, 2.45) is 11.1 Å². The smallest absolute Gasteiger partial charge is 0.0830 e. The van der Waals surface area contributed by atoms with Gasteiger partial charge in [-0.15, -0.1) is 0 Å². The Morgan fingerprint density at radius 1 is 1.46 bits per heavy atom. The van der Waals surface area contributed by atoms with E-state index < -0.39 is 0 Å². The van der Waals surface area contributed by atoms with Crippen molar-refractivity contribution in [1.82, 2.24) is 0 Å². The molecule has 70 valence electrons. The summed E-state index contributed by atoms with van der Waals surface area (Å²) < 4.78 is 1.25. The van der Waals surface area contributed by atoms with Gasteiger partial charge in [-0.2, -0.15) is 0 Å². The second kappa shape index (κ2) is 3.66. The van der Waals surface area contributed by atoms with Crippen molar-refractivity contribution >= 4 is 21.6 Å². The van der Waals surface area contributed by atoms with Gasteiger partial charge in [0.15, 0.2) is 0 Å². The molecule has 0 aromatic carbocycles. The summed E-state index contributed by atoms with van der Waals surface area (Å²) in [6.07, 6.45) is 8.47. The van der Waals surface area contributed by atoms with Gasteiger partial charge in [0.25, 0.3) is 0 Å². The molecule has 1 saturated carbocycles. The van der Waals surface area contributed by atoms with Gasteiger partial charge < -0.3 is 5.21 Å². The third-order valence-electron chi connectivity index (χ3n) is 2.75. The number of hydrogen-bond donors (Lipinski definition) is 1. The molecule has 0 bridgehead atoms. The Morgan fingerprint density at radius 2 is 2.31 bits per heavy atom. The van der Waals surface area contributed by atoms with Gasteiger partial charge in [-0.25, -0.2) is 0 Å². The Labute approximate surface area is 86.1 Å². The molecule has 0 saturated heterocycles. The molecule has 0 radical (unpaired) electrons. The van der Waals surface area contributed by atoms with Crippen LogP contribution in [0.25, 0.3) is 0 Å². The molecule has 1 N–H and O–H groups in total. The van der Waals surface area contributed by atoms with Crippen LogP contribution in [0.15, 0.2) is 27.4 Å². The molecule has 1 fully saturated rings. The van der Waals surface area contributed by atoms with Gasteiger partial charge in [-0.3, -0.25) is 0 Å². The summed E-state index contributed by atoms with van der Waals surface area (Å²) in [5, 5.41) is 12.2. The van der Waals surface area contributed by atoms with Crippen LogP contribution in [-0.2, 0) is 0 Å². The van der Waals surface area contributed by atoms with E-state index in [0.717, 1.165) is 25.0 Å². The van der Waals surface area contributed by atoms with Crippen molar-refractivity contribution in [3.05, 3.63) is 22.2 Å². The number of fused-ring (bicyclic) bond motifs is 1. The molecular formula is C10H12BrNO. The van der Waals surface area contributed by atoms with Crippen molar-refractivity contribution < 1.29 is 5.21 Å². The summed E-state index contributed by atoms with van der Waals surface area (Å²) in [5.74, 6) is 0.569. The lowest BCUT2D eigenvalue weighted by molar-refractivity contribution is 0.315. The first kappa shape index (κ1) is 9.00. The summed E-state index contributed by atoms with van der Waals surface area (Å²) >= 11 is 3.51. The molecular weight excluding hydrogens is 230 g/mol. The predicted molar refractivity (Wildman–Crippen MR) is 56.3 cm³/mol. The van der Waals surface area contributed by atoms with Crippen LogP contribution < -0.4 is 0 Å². The first-order valence-electron chi connectivity index (χ1n) is 4.59. The SMILES string of the molecule is O/N=C1\CCCC2CC(Br)=CC=C12. The maximum absolute atomic E-state index is 8.81. The number of nitrogens with zero attached hydrogens (tertiary/aromatic N) is 1. The third kappa shape index (κ3) is 1.70. The molecule has 0 spiro atoms. The Balaban J connectivity index is 2.30. The average Bonchev–Trinajstić information content (AvgIpc) is 2.16. The van der Waals surface area contributed by atoms with Crippen LogP contribution in [0.2, 0.25) is 0 Å². The van der Waals surface area contributed by atoms with E-state index in [4.69, 9.17) is 5.21 Å². The zero-order valence-corrected chi connectivity index (χ0v) is 8.92. The summed E-state index contributed by atoms with van der Waals surface area (Å²) in [6.45, 7) is 0. The van der Waals surface area contributed by atoms with Crippen LogP contribution in [0, 0.1) is 5.92 Å². The lowest BCUT2D eigenvalue weighted by Crippen LogP contribution is -2.21. The van der Waals surface area contributed by atoms with Crippen LogP contribution in [-0.4, -0.2) is 10.9 Å². The highest BCUT2D eigenvalue weighted by Crippen LogP contribution is 2.36. The van der Waals surface area contributed by atoms with Gasteiger partial charge in [0.05, 0.1) is 5.71 Å². The van der Waals surface area contributed by atoms with Crippen molar-refractivity contribution in [1.29, 1.82) is 0 Å². The minimum Gasteiger partial charge on any atom is -0.411 e. The predicted octanol–water partition coefficient (Wildman–Crippen LogP) is 3.23. The topological polar surface area (TPSA) is 32.6 Å². The molecule has 0 aromatic rings. The van der Waals surface area contributed by atoms with E-state index in [2.05, 4.69) is 33.2 Å². The van der Waals surface area contributed by atoms with Crippen LogP contribution in [0.3, 0.4) is 0 Å². The Morgan fingerprint density at radius 3 is 3.08 bits per heavy atom. The number of hydrogen-bond acceptors (Lipinski definition) is 2. The van der Waals surface area contributed by atoms with Crippen LogP contribution >= 0.6 is 15.9 Å². The Kier molecular flexibility index (Phi) is 2.54. The van der Waals surface area contributed by atoms with E-state index in [1.807, 2.05) is 0 Å². The second-order valence-corrected chi connectivity index (χ2v) is 4.59. The van der Waals surface area contributed by atoms with Crippen molar-refractivity contribution in [2.45, 2.75) is 25.7 Å². The van der Waals surface area contributed by atoms with E-state index in [1.54, 1.807) is 0 Å². The fraction of sp³-hybridized carbons (Fsp3) is 0.500. The molecule has 2 rings (SSSR count).